The molecule has 0 saturated heterocycles. The third kappa shape index (κ3) is 4.14. The average Bonchev–Trinajstić information content (AvgIpc) is 3.83. The van der Waals surface area contributed by atoms with Crippen molar-refractivity contribution in [3.8, 4) is 33.6 Å². The van der Waals surface area contributed by atoms with E-state index in [4.69, 9.17) is 0 Å². The van der Waals surface area contributed by atoms with Gasteiger partial charge in [0.15, 0.2) is 0 Å². The summed E-state index contributed by atoms with van der Waals surface area (Å²) in [4.78, 5) is 0. The maximum atomic E-state index is 2.40. The first kappa shape index (κ1) is 28.9. The summed E-state index contributed by atoms with van der Waals surface area (Å²) in [6.45, 7) is 0. The van der Waals surface area contributed by atoms with Crippen LogP contribution in [0.25, 0.3) is 99.0 Å². The number of fused-ring (bicyclic) bond motifs is 9. The highest BCUT2D eigenvalue weighted by atomic mass is 15.0. The van der Waals surface area contributed by atoms with Crippen molar-refractivity contribution in [1.82, 2.24) is 13.7 Å². The van der Waals surface area contributed by atoms with Crippen LogP contribution in [0.2, 0.25) is 0 Å². The van der Waals surface area contributed by atoms with Crippen molar-refractivity contribution in [3.63, 3.8) is 0 Å². The summed E-state index contributed by atoms with van der Waals surface area (Å²) in [5.74, 6) is 0. The average molecular weight is 664 g/mol. The Morgan fingerprint density at radius 3 is 1.46 bits per heavy atom. The van der Waals surface area contributed by atoms with Gasteiger partial charge in [0.05, 0.1) is 27.6 Å². The second-order valence-corrected chi connectivity index (χ2v) is 13.8. The smallest absolute Gasteiger partial charge is 0.0568 e. The van der Waals surface area contributed by atoms with Gasteiger partial charge in [0, 0.05) is 61.8 Å². The van der Waals surface area contributed by atoms with Crippen LogP contribution < -0.4 is 0 Å². The Labute approximate surface area is 300 Å². The zero-order valence-corrected chi connectivity index (χ0v) is 28.7. The third-order valence-corrected chi connectivity index (χ3v) is 11.0. The Balaban J connectivity index is 1.08. The molecule has 11 rings (SSSR count). The number of hydrogen-bond donors (Lipinski definition) is 0. The number of para-hydroxylation sites is 5. The predicted molar refractivity (Wildman–Crippen MR) is 220 cm³/mol. The summed E-state index contributed by atoms with van der Waals surface area (Å²) in [6, 6.07) is 66.5. The van der Waals surface area contributed by atoms with Crippen molar-refractivity contribution >= 4 is 65.4 Å². The molecule has 0 bridgehead atoms. The highest BCUT2D eigenvalue weighted by Crippen LogP contribution is 2.41. The van der Waals surface area contributed by atoms with E-state index in [9.17, 15) is 0 Å². The number of benzene rings is 8. The highest BCUT2D eigenvalue weighted by Gasteiger charge is 2.18. The van der Waals surface area contributed by atoms with Crippen LogP contribution in [0.4, 0.5) is 0 Å². The van der Waals surface area contributed by atoms with Crippen LogP contribution in [-0.4, -0.2) is 13.7 Å². The molecular weight excluding hydrogens is 631 g/mol. The van der Waals surface area contributed by atoms with E-state index < -0.39 is 0 Å². The van der Waals surface area contributed by atoms with Crippen LogP contribution in [0.15, 0.2) is 182 Å². The molecule has 0 aliphatic carbocycles. The summed E-state index contributed by atoms with van der Waals surface area (Å²) in [7, 11) is 2.21. The van der Waals surface area contributed by atoms with Gasteiger partial charge in [-0.3, -0.25) is 0 Å². The molecule has 8 aromatic carbocycles. The second kappa shape index (κ2) is 11.1. The number of aromatic nitrogens is 3. The quantitative estimate of drug-likeness (QED) is 0.178. The van der Waals surface area contributed by atoms with Crippen molar-refractivity contribution in [2.45, 2.75) is 0 Å². The van der Waals surface area contributed by atoms with Crippen LogP contribution in [0.3, 0.4) is 0 Å². The highest BCUT2D eigenvalue weighted by molar-refractivity contribution is 6.16. The van der Waals surface area contributed by atoms with Gasteiger partial charge in [-0.1, -0.05) is 115 Å². The molecule has 0 N–H and O–H groups in total. The van der Waals surface area contributed by atoms with E-state index in [0.717, 1.165) is 0 Å². The molecule has 0 amide bonds. The second-order valence-electron chi connectivity index (χ2n) is 13.8. The molecule has 0 atom stereocenters. The van der Waals surface area contributed by atoms with Gasteiger partial charge < -0.3 is 13.7 Å². The lowest BCUT2D eigenvalue weighted by atomic mass is 9.98. The molecule has 244 valence electrons. The van der Waals surface area contributed by atoms with Gasteiger partial charge in [0.2, 0.25) is 0 Å². The summed E-state index contributed by atoms with van der Waals surface area (Å²) in [6.07, 6.45) is 0. The molecule has 0 radical (unpaired) electrons. The molecular formula is C49H33N3. The minimum atomic E-state index is 1.17. The summed E-state index contributed by atoms with van der Waals surface area (Å²) < 4.78 is 7.15. The molecule has 3 nitrogen and oxygen atoms in total. The van der Waals surface area contributed by atoms with Crippen LogP contribution in [0, 0.1) is 0 Å². The number of hydrogen-bond acceptors (Lipinski definition) is 0. The van der Waals surface area contributed by atoms with E-state index in [1.165, 1.54) is 99.0 Å². The van der Waals surface area contributed by atoms with Crippen molar-refractivity contribution in [2.24, 2.45) is 7.05 Å². The Morgan fingerprint density at radius 1 is 0.308 bits per heavy atom. The first-order valence-corrected chi connectivity index (χ1v) is 17.9. The van der Waals surface area contributed by atoms with Crippen LogP contribution >= 0.6 is 0 Å². The Morgan fingerprint density at radius 2 is 0.788 bits per heavy atom. The first-order chi connectivity index (χ1) is 25.7. The first-order valence-electron chi connectivity index (χ1n) is 17.9. The summed E-state index contributed by atoms with van der Waals surface area (Å²) in [5.41, 5.74) is 14.6. The molecule has 3 aromatic heterocycles. The fraction of sp³-hybridized carbons (Fsp3) is 0.0204. The Bertz CT molecular complexity index is 3180. The van der Waals surface area contributed by atoms with Crippen molar-refractivity contribution < 1.29 is 0 Å². The van der Waals surface area contributed by atoms with Gasteiger partial charge in [-0.05, 0) is 83.4 Å². The van der Waals surface area contributed by atoms with Gasteiger partial charge in [-0.15, -0.1) is 0 Å². The predicted octanol–water partition coefficient (Wildman–Crippen LogP) is 12.9. The van der Waals surface area contributed by atoms with Crippen LogP contribution in [0.1, 0.15) is 0 Å². The van der Waals surface area contributed by atoms with Gasteiger partial charge in [0.1, 0.15) is 0 Å². The largest absolute Gasteiger partial charge is 0.343 e. The van der Waals surface area contributed by atoms with Crippen LogP contribution in [-0.2, 0) is 7.05 Å². The molecule has 0 unspecified atom stereocenters. The maximum absolute atomic E-state index is 2.40. The number of rotatable bonds is 4. The van der Waals surface area contributed by atoms with Crippen molar-refractivity contribution in [3.05, 3.63) is 182 Å². The molecule has 0 saturated carbocycles. The summed E-state index contributed by atoms with van der Waals surface area (Å²) >= 11 is 0. The minimum Gasteiger partial charge on any atom is -0.343 e. The lowest BCUT2D eigenvalue weighted by Crippen LogP contribution is -1.94. The Kier molecular flexibility index (Phi) is 6.17. The Hall–Kier alpha value is -6.84. The lowest BCUT2D eigenvalue weighted by molar-refractivity contribution is 1.02. The van der Waals surface area contributed by atoms with E-state index in [1.54, 1.807) is 0 Å². The van der Waals surface area contributed by atoms with Gasteiger partial charge in [-0.25, -0.2) is 0 Å². The SMILES string of the molecule is Cn1c2ccc(-c3ccc4c(c3)c3ccccc3n4-c3ccccc3)cc2c2cccc(-c3ccc4c5ccccc5n(-c5ccccc5)c4c3)c21. The zero-order valence-electron chi connectivity index (χ0n) is 28.7. The standard InChI is InChI=1S/C49H33N3/c1-50-44-27-24-32(33-25-28-47-42(29-33)39-18-9-11-22-46(39)51(47)35-13-4-2-5-14-35)30-43(44)41-20-12-19-37(49(41)50)34-23-26-40-38-17-8-10-21-45(38)52(48(40)31-34)36-15-6-3-7-16-36/h2-31H,1H3. The molecule has 0 fully saturated rings. The number of nitrogens with zero attached hydrogens (tertiary/aromatic N) is 3. The third-order valence-electron chi connectivity index (χ3n) is 11.0. The zero-order chi connectivity index (χ0) is 34.3. The lowest BCUT2D eigenvalue weighted by Gasteiger charge is -2.10. The van der Waals surface area contributed by atoms with Crippen LogP contribution in [0.5, 0.6) is 0 Å². The normalized spacial score (nSPS) is 11.9. The monoisotopic (exact) mass is 663 g/mol. The number of aryl methyl sites for hydroxylation is 1. The molecule has 0 aliphatic rings. The molecule has 0 spiro atoms. The van der Waals surface area contributed by atoms with E-state index in [1.807, 2.05) is 0 Å². The summed E-state index contributed by atoms with van der Waals surface area (Å²) in [5, 5.41) is 7.60. The molecule has 11 aromatic rings. The molecule has 0 aliphatic heterocycles. The molecule has 3 heterocycles. The van der Waals surface area contributed by atoms with Crippen molar-refractivity contribution in [1.29, 1.82) is 0 Å². The minimum absolute atomic E-state index is 1.17. The van der Waals surface area contributed by atoms with Gasteiger partial charge in [0.25, 0.3) is 0 Å². The van der Waals surface area contributed by atoms with E-state index in [-0.39, 0.29) is 0 Å². The maximum Gasteiger partial charge on any atom is 0.0568 e. The van der Waals surface area contributed by atoms with Gasteiger partial charge >= 0.3 is 0 Å². The van der Waals surface area contributed by atoms with E-state index in [2.05, 4.69) is 203 Å². The fourth-order valence-electron chi connectivity index (χ4n) is 8.70. The topological polar surface area (TPSA) is 14.8 Å². The fourth-order valence-corrected chi connectivity index (χ4v) is 8.70. The molecule has 52 heavy (non-hydrogen) atoms. The van der Waals surface area contributed by atoms with Crippen molar-refractivity contribution in [2.75, 3.05) is 0 Å². The van der Waals surface area contributed by atoms with E-state index in [0.29, 0.717) is 0 Å². The van der Waals surface area contributed by atoms with E-state index >= 15 is 0 Å². The van der Waals surface area contributed by atoms with Gasteiger partial charge in [-0.2, -0.15) is 0 Å². The molecule has 3 heteroatoms.